The maximum atomic E-state index is 2.35. The van der Waals surface area contributed by atoms with E-state index in [1.165, 1.54) is 12.8 Å². The molecule has 1 rings (SSSR count). The number of hydrogen-bond donors (Lipinski definition) is 0. The van der Waals surface area contributed by atoms with Gasteiger partial charge in [-0.15, -0.1) is 0 Å². The van der Waals surface area contributed by atoms with Crippen molar-refractivity contribution in [1.29, 1.82) is 0 Å². The smallest absolute Gasteiger partial charge is 0.0259 e. The van der Waals surface area contributed by atoms with E-state index in [9.17, 15) is 0 Å². The molecular formula is C11H20. The van der Waals surface area contributed by atoms with Crippen LogP contribution in [0.4, 0.5) is 0 Å². The van der Waals surface area contributed by atoms with Crippen LogP contribution >= 0.6 is 0 Å². The molecule has 0 saturated carbocycles. The molecule has 0 heterocycles. The molecule has 2 unspecified atom stereocenters. The lowest BCUT2D eigenvalue weighted by molar-refractivity contribution is 0.204. The molecule has 0 aromatic rings. The second-order valence-electron chi connectivity index (χ2n) is 4.94. The second-order valence-corrected chi connectivity index (χ2v) is 4.94. The predicted octanol–water partition coefficient (Wildman–Crippen LogP) is 3.63. The van der Waals surface area contributed by atoms with E-state index in [-0.39, 0.29) is 0 Å². The first kappa shape index (κ1) is 8.83. The third-order valence-corrected chi connectivity index (χ3v) is 2.77. The van der Waals surface area contributed by atoms with Crippen LogP contribution in [-0.2, 0) is 0 Å². The van der Waals surface area contributed by atoms with Gasteiger partial charge in [0.1, 0.15) is 0 Å². The van der Waals surface area contributed by atoms with Crippen LogP contribution in [0.1, 0.15) is 40.5 Å². The third-order valence-electron chi connectivity index (χ3n) is 2.77. The molecule has 0 radical (unpaired) electrons. The van der Waals surface area contributed by atoms with Crippen molar-refractivity contribution in [2.45, 2.75) is 40.5 Å². The number of hydrogen-bond acceptors (Lipinski definition) is 0. The van der Waals surface area contributed by atoms with Crippen LogP contribution in [0.25, 0.3) is 0 Å². The van der Waals surface area contributed by atoms with Gasteiger partial charge in [-0.1, -0.05) is 39.8 Å². The van der Waals surface area contributed by atoms with Crippen molar-refractivity contribution in [3.8, 4) is 0 Å². The highest BCUT2D eigenvalue weighted by Gasteiger charge is 2.26. The summed E-state index contributed by atoms with van der Waals surface area (Å²) in [5, 5.41) is 0. The lowest BCUT2D eigenvalue weighted by atomic mass is 9.72. The molecule has 11 heavy (non-hydrogen) atoms. The lowest BCUT2D eigenvalue weighted by Gasteiger charge is -2.33. The van der Waals surface area contributed by atoms with E-state index in [1.807, 2.05) is 0 Å². The molecule has 0 fully saturated rings. The first-order valence-electron chi connectivity index (χ1n) is 4.67. The van der Waals surface area contributed by atoms with Gasteiger partial charge in [0.25, 0.3) is 0 Å². The van der Waals surface area contributed by atoms with Crippen molar-refractivity contribution in [3.05, 3.63) is 12.2 Å². The molecule has 0 heteroatoms. The summed E-state index contributed by atoms with van der Waals surface area (Å²) in [7, 11) is 0. The molecule has 64 valence electrons. The van der Waals surface area contributed by atoms with Crippen molar-refractivity contribution < 1.29 is 0 Å². The Balaban J connectivity index is 2.57. The second kappa shape index (κ2) is 3.00. The molecule has 2 atom stereocenters. The lowest BCUT2D eigenvalue weighted by Crippen LogP contribution is -2.23. The molecule has 0 N–H and O–H groups in total. The van der Waals surface area contributed by atoms with Crippen molar-refractivity contribution in [2.75, 3.05) is 0 Å². The van der Waals surface area contributed by atoms with Crippen LogP contribution in [0.2, 0.25) is 0 Å². The maximum absolute atomic E-state index is 2.35. The van der Waals surface area contributed by atoms with Gasteiger partial charge in [0.15, 0.2) is 0 Å². The largest absolute Gasteiger partial charge is 0.0880 e. The summed E-state index contributed by atoms with van der Waals surface area (Å²) in [4.78, 5) is 0. The first-order chi connectivity index (χ1) is 5.00. The van der Waals surface area contributed by atoms with E-state index >= 15 is 0 Å². The van der Waals surface area contributed by atoms with Gasteiger partial charge in [0.05, 0.1) is 0 Å². The van der Waals surface area contributed by atoms with Gasteiger partial charge in [-0.25, -0.2) is 0 Å². The van der Waals surface area contributed by atoms with Gasteiger partial charge in [0, 0.05) is 0 Å². The minimum Gasteiger partial charge on any atom is -0.0880 e. The monoisotopic (exact) mass is 152 g/mol. The minimum atomic E-state index is 0.499. The summed E-state index contributed by atoms with van der Waals surface area (Å²) in [5.41, 5.74) is 0.499. The van der Waals surface area contributed by atoms with Gasteiger partial charge in [0.2, 0.25) is 0 Å². The SMILES string of the molecule is CC1C=CCC(C(C)(C)C)C1. The van der Waals surface area contributed by atoms with Crippen LogP contribution in [0, 0.1) is 17.3 Å². The standard InChI is InChI=1S/C11H20/c1-9-6-5-7-10(8-9)11(2,3)4/h5-6,9-10H,7-8H2,1-4H3. The van der Waals surface area contributed by atoms with E-state index in [4.69, 9.17) is 0 Å². The Bertz CT molecular complexity index is 148. The number of rotatable bonds is 0. The molecule has 0 bridgehead atoms. The van der Waals surface area contributed by atoms with Crippen LogP contribution in [0.3, 0.4) is 0 Å². The highest BCUT2D eigenvalue weighted by molar-refractivity contribution is 4.97. The summed E-state index contributed by atoms with van der Waals surface area (Å²) < 4.78 is 0. The summed E-state index contributed by atoms with van der Waals surface area (Å²) >= 11 is 0. The van der Waals surface area contributed by atoms with Crippen molar-refractivity contribution in [2.24, 2.45) is 17.3 Å². The third kappa shape index (κ3) is 2.36. The van der Waals surface area contributed by atoms with Crippen LogP contribution in [-0.4, -0.2) is 0 Å². The Kier molecular flexibility index (Phi) is 2.41. The van der Waals surface area contributed by atoms with Crippen LogP contribution in [0.15, 0.2) is 12.2 Å². The quantitative estimate of drug-likeness (QED) is 0.465. The molecule has 0 spiro atoms. The van der Waals surface area contributed by atoms with E-state index in [0.717, 1.165) is 11.8 Å². The molecule has 1 aliphatic carbocycles. The average Bonchev–Trinajstić information content (AvgIpc) is 1.86. The topological polar surface area (TPSA) is 0 Å². The molecule has 0 aliphatic heterocycles. The van der Waals surface area contributed by atoms with Crippen LogP contribution < -0.4 is 0 Å². The molecular weight excluding hydrogens is 132 g/mol. The van der Waals surface area contributed by atoms with Crippen molar-refractivity contribution in [3.63, 3.8) is 0 Å². The summed E-state index contributed by atoms with van der Waals surface area (Å²) in [6.07, 6.45) is 7.36. The van der Waals surface area contributed by atoms with Crippen LogP contribution in [0.5, 0.6) is 0 Å². The zero-order valence-corrected chi connectivity index (χ0v) is 8.22. The molecule has 1 aliphatic rings. The molecule has 0 aromatic carbocycles. The van der Waals surface area contributed by atoms with Gasteiger partial charge >= 0.3 is 0 Å². The Morgan fingerprint density at radius 2 is 1.91 bits per heavy atom. The van der Waals surface area contributed by atoms with E-state index in [0.29, 0.717) is 5.41 Å². The van der Waals surface area contributed by atoms with Gasteiger partial charge in [-0.2, -0.15) is 0 Å². The Hall–Kier alpha value is -0.260. The molecule has 0 nitrogen and oxygen atoms in total. The Labute approximate surface area is 70.7 Å². The maximum Gasteiger partial charge on any atom is -0.0259 e. The fraction of sp³-hybridized carbons (Fsp3) is 0.818. The van der Waals surface area contributed by atoms with Gasteiger partial charge < -0.3 is 0 Å². The highest BCUT2D eigenvalue weighted by atomic mass is 14.3. The molecule has 0 aromatic heterocycles. The fourth-order valence-electron chi connectivity index (χ4n) is 1.81. The normalized spacial score (nSPS) is 32.4. The Morgan fingerprint density at radius 1 is 1.27 bits per heavy atom. The summed E-state index contributed by atoms with van der Waals surface area (Å²) in [6, 6.07) is 0. The first-order valence-corrected chi connectivity index (χ1v) is 4.67. The van der Waals surface area contributed by atoms with Crippen molar-refractivity contribution in [1.82, 2.24) is 0 Å². The zero-order valence-electron chi connectivity index (χ0n) is 8.22. The average molecular weight is 152 g/mol. The molecule has 0 amide bonds. The van der Waals surface area contributed by atoms with Crippen molar-refractivity contribution >= 4 is 0 Å². The van der Waals surface area contributed by atoms with Gasteiger partial charge in [-0.3, -0.25) is 0 Å². The van der Waals surface area contributed by atoms with Gasteiger partial charge in [-0.05, 0) is 30.1 Å². The summed E-state index contributed by atoms with van der Waals surface area (Å²) in [5.74, 6) is 1.69. The van der Waals surface area contributed by atoms with E-state index < -0.39 is 0 Å². The predicted molar refractivity (Wildman–Crippen MR) is 50.5 cm³/mol. The zero-order chi connectivity index (χ0) is 8.48. The summed E-state index contributed by atoms with van der Waals surface area (Å²) in [6.45, 7) is 9.37. The molecule has 0 saturated heterocycles. The number of allylic oxidation sites excluding steroid dienone is 2. The highest BCUT2D eigenvalue weighted by Crippen LogP contribution is 2.36. The van der Waals surface area contributed by atoms with E-state index in [2.05, 4.69) is 39.8 Å². The fourth-order valence-corrected chi connectivity index (χ4v) is 1.81. The van der Waals surface area contributed by atoms with E-state index in [1.54, 1.807) is 0 Å². The minimum absolute atomic E-state index is 0.499. The Morgan fingerprint density at radius 3 is 2.27 bits per heavy atom.